The van der Waals surface area contributed by atoms with Gasteiger partial charge in [0.2, 0.25) is 9.84 Å². The summed E-state index contributed by atoms with van der Waals surface area (Å²) in [7, 11) is -1.49. The van der Waals surface area contributed by atoms with Crippen LogP contribution in [0, 0.1) is 18.8 Å². The van der Waals surface area contributed by atoms with Gasteiger partial charge in [-0.1, -0.05) is 41.5 Å². The Bertz CT molecular complexity index is 1720. The van der Waals surface area contributed by atoms with Crippen LogP contribution in [0.25, 0.3) is 33.7 Å². The van der Waals surface area contributed by atoms with Crippen LogP contribution in [0.5, 0.6) is 0 Å². The maximum atomic E-state index is 12.9. The average Bonchev–Trinajstić information content (AvgIpc) is 3.70. The number of hydrogen-bond donors (Lipinski definition) is 0. The van der Waals surface area contributed by atoms with E-state index >= 15 is 0 Å². The van der Waals surface area contributed by atoms with E-state index in [1.165, 1.54) is 0 Å². The number of anilines is 1. The zero-order chi connectivity index (χ0) is 26.1. The molecule has 4 aromatic carbocycles. The van der Waals surface area contributed by atoms with Gasteiger partial charge in [-0.3, -0.25) is 4.98 Å². The topological polar surface area (TPSA) is 66.7 Å². The number of aromatic nitrogens is 1. The summed E-state index contributed by atoms with van der Waals surface area (Å²) in [5, 5.41) is 0. The van der Waals surface area contributed by atoms with Crippen molar-refractivity contribution in [2.75, 3.05) is 11.9 Å². The van der Waals surface area contributed by atoms with Crippen LogP contribution < -0.4 is 4.90 Å². The quantitative estimate of drug-likeness (QED) is 0.197. The summed E-state index contributed by atoms with van der Waals surface area (Å²) in [4.78, 5) is 8.70. The number of nitrogens with zero attached hydrogens (tertiary/aromatic N) is 3. The molecule has 194 valence electrons. The van der Waals surface area contributed by atoms with Gasteiger partial charge in [0.25, 0.3) is 0 Å². The first-order valence-corrected chi connectivity index (χ1v) is 13.4. The van der Waals surface area contributed by atoms with Crippen molar-refractivity contribution in [2.45, 2.75) is 9.79 Å². The molecule has 0 saturated heterocycles. The predicted octanol–water partition coefficient (Wildman–Crippen LogP) is 6.45. The molecule has 5 aromatic rings. The predicted molar refractivity (Wildman–Crippen MR) is 146 cm³/mol. The molecule has 0 unspecified atom stereocenters. The molecule has 2 aliphatic rings. The Labute approximate surface area is 241 Å². The molecular formula is C31H22IrN3O3S. The summed E-state index contributed by atoms with van der Waals surface area (Å²) in [6, 6.07) is 32.5. The van der Waals surface area contributed by atoms with Crippen molar-refractivity contribution < 1.29 is 32.9 Å². The molecule has 0 amide bonds. The average molecular weight is 709 g/mol. The van der Waals surface area contributed by atoms with Gasteiger partial charge in [0.15, 0.2) is 0 Å². The van der Waals surface area contributed by atoms with E-state index in [4.69, 9.17) is 4.42 Å². The molecule has 0 radical (unpaired) electrons. The monoisotopic (exact) mass is 709 g/mol. The molecule has 8 heteroatoms. The molecule has 0 fully saturated rings. The summed E-state index contributed by atoms with van der Waals surface area (Å²) in [5.74, 6) is 0.616. The van der Waals surface area contributed by atoms with Crippen molar-refractivity contribution in [1.29, 1.82) is 0 Å². The Balaban J connectivity index is 0.000000216. The number of oxazole rings is 1. The number of sulfone groups is 1. The SMILES string of the molecule is CN1C=CN(c2[c-]cc(-c3ccc4c(c3)S(=O)(=O)c3ccccc3-4)cc2)[CH-]1.[Ir+3].[c-]1ccccc1-c1ncco1. The van der Waals surface area contributed by atoms with Gasteiger partial charge < -0.3 is 14.2 Å². The fourth-order valence-electron chi connectivity index (χ4n) is 4.42. The largest absolute Gasteiger partial charge is 3.00 e. The van der Waals surface area contributed by atoms with E-state index in [1.807, 2.05) is 103 Å². The molecule has 3 heterocycles. The van der Waals surface area contributed by atoms with Gasteiger partial charge in [0, 0.05) is 11.1 Å². The third kappa shape index (κ3) is 5.19. The normalized spacial score (nSPS) is 14.2. The van der Waals surface area contributed by atoms with Crippen molar-refractivity contribution >= 4 is 15.5 Å². The zero-order valence-electron chi connectivity index (χ0n) is 20.8. The van der Waals surface area contributed by atoms with E-state index in [2.05, 4.69) is 17.1 Å². The van der Waals surface area contributed by atoms with Crippen molar-refractivity contribution in [3.8, 4) is 33.7 Å². The fraction of sp³-hybridized carbons (Fsp3) is 0.0323. The minimum atomic E-state index is -3.46. The van der Waals surface area contributed by atoms with Crippen molar-refractivity contribution in [1.82, 2.24) is 9.88 Å². The van der Waals surface area contributed by atoms with Crippen LogP contribution >= 0.6 is 0 Å². The van der Waals surface area contributed by atoms with Crippen LogP contribution in [0.4, 0.5) is 5.69 Å². The molecule has 2 aliphatic heterocycles. The number of hydrogen-bond acceptors (Lipinski definition) is 6. The number of rotatable bonds is 3. The summed E-state index contributed by atoms with van der Waals surface area (Å²) in [6.45, 7) is 1.96. The van der Waals surface area contributed by atoms with E-state index in [0.717, 1.165) is 33.5 Å². The van der Waals surface area contributed by atoms with E-state index < -0.39 is 9.84 Å². The zero-order valence-corrected chi connectivity index (χ0v) is 24.0. The summed E-state index contributed by atoms with van der Waals surface area (Å²) in [5.41, 5.74) is 5.17. The van der Waals surface area contributed by atoms with Gasteiger partial charge in [-0.15, -0.1) is 47.6 Å². The third-order valence-electron chi connectivity index (χ3n) is 6.29. The third-order valence-corrected chi connectivity index (χ3v) is 8.14. The Morgan fingerprint density at radius 2 is 1.67 bits per heavy atom. The molecule has 0 atom stereocenters. The number of benzene rings is 4. The van der Waals surface area contributed by atoms with Crippen LogP contribution in [0.15, 0.2) is 124 Å². The Morgan fingerprint density at radius 1 is 0.872 bits per heavy atom. The summed E-state index contributed by atoms with van der Waals surface area (Å²) in [6.07, 6.45) is 7.10. The van der Waals surface area contributed by atoms with Crippen molar-refractivity contribution in [3.63, 3.8) is 0 Å². The minimum absolute atomic E-state index is 0. The second-order valence-electron chi connectivity index (χ2n) is 8.77. The molecule has 0 aliphatic carbocycles. The molecule has 0 spiro atoms. The molecular weight excluding hydrogens is 687 g/mol. The smallest absolute Gasteiger partial charge is 0.510 e. The van der Waals surface area contributed by atoms with Crippen molar-refractivity contribution in [2.24, 2.45) is 0 Å². The molecule has 0 saturated carbocycles. The van der Waals surface area contributed by atoms with Gasteiger partial charge in [-0.05, 0) is 31.6 Å². The first-order chi connectivity index (χ1) is 18.5. The standard InChI is InChI=1S/C22H16N2O2S.C9H6NO.Ir/c1-23-12-13-24(15-23)18-9-6-16(7-10-18)17-8-11-20-19-4-2-3-5-21(19)27(25,26)22(20)14-17;1-2-4-8(5-3-1)9-10-6-7-11-9;/h2-9,11-15H,1H3;1-4,6-7H;/q-2;-1;+3. The van der Waals surface area contributed by atoms with E-state index in [0.29, 0.717) is 15.7 Å². The van der Waals surface area contributed by atoms with Crippen LogP contribution in [0.2, 0.25) is 0 Å². The minimum Gasteiger partial charge on any atom is -0.510 e. The van der Waals surface area contributed by atoms with E-state index in [9.17, 15) is 8.42 Å². The van der Waals surface area contributed by atoms with Gasteiger partial charge in [-0.25, -0.2) is 8.42 Å². The van der Waals surface area contributed by atoms with Crippen molar-refractivity contribution in [3.05, 3.63) is 129 Å². The fourth-order valence-corrected chi connectivity index (χ4v) is 6.13. The maximum absolute atomic E-state index is 12.9. The Hall–Kier alpha value is -3.97. The van der Waals surface area contributed by atoms with Gasteiger partial charge in [-0.2, -0.15) is 24.9 Å². The molecule has 0 N–H and O–H groups in total. The second-order valence-corrected chi connectivity index (χ2v) is 10.7. The summed E-state index contributed by atoms with van der Waals surface area (Å²) < 4.78 is 30.9. The molecule has 1 aromatic heterocycles. The number of fused-ring (bicyclic) bond motifs is 3. The van der Waals surface area contributed by atoms with E-state index in [1.54, 1.807) is 30.7 Å². The van der Waals surface area contributed by atoms with Crippen LogP contribution in [0.3, 0.4) is 0 Å². The maximum Gasteiger partial charge on any atom is 3.00 e. The van der Waals surface area contributed by atoms with Gasteiger partial charge >= 0.3 is 20.1 Å². The Morgan fingerprint density at radius 3 is 2.36 bits per heavy atom. The first-order valence-electron chi connectivity index (χ1n) is 11.9. The molecule has 7 rings (SSSR count). The molecule has 0 bridgehead atoms. The van der Waals surface area contributed by atoms with Gasteiger partial charge in [0.1, 0.15) is 5.89 Å². The van der Waals surface area contributed by atoms with Crippen LogP contribution in [-0.2, 0) is 29.9 Å². The molecule has 6 nitrogen and oxygen atoms in total. The Kier molecular flexibility index (Phi) is 7.53. The van der Waals surface area contributed by atoms with E-state index in [-0.39, 0.29) is 20.1 Å². The van der Waals surface area contributed by atoms with Crippen LogP contribution in [-0.4, -0.2) is 25.3 Å². The first kappa shape index (κ1) is 26.6. The molecule has 39 heavy (non-hydrogen) atoms. The van der Waals surface area contributed by atoms with Gasteiger partial charge in [0.05, 0.1) is 22.3 Å². The summed E-state index contributed by atoms with van der Waals surface area (Å²) >= 11 is 0. The van der Waals surface area contributed by atoms with Crippen LogP contribution in [0.1, 0.15) is 0 Å². The second kappa shape index (κ2) is 11.0.